The fraction of sp³-hybridized carbons (Fsp3) is 0.462. The molecule has 0 bridgehead atoms. The second-order valence-electron chi connectivity index (χ2n) is 4.51. The van der Waals surface area contributed by atoms with Crippen molar-refractivity contribution < 1.29 is 4.79 Å². The summed E-state index contributed by atoms with van der Waals surface area (Å²) in [4.78, 5) is 13.9. The van der Waals surface area contributed by atoms with Gasteiger partial charge in [-0.15, -0.1) is 0 Å². The van der Waals surface area contributed by atoms with Crippen LogP contribution in [-0.4, -0.2) is 23.4 Å². The van der Waals surface area contributed by atoms with Crippen LogP contribution in [0.4, 0.5) is 0 Å². The summed E-state index contributed by atoms with van der Waals surface area (Å²) in [6, 6.07) is 7.84. The minimum atomic E-state index is -0.321. The van der Waals surface area contributed by atoms with Crippen molar-refractivity contribution in [1.29, 1.82) is 0 Å². The van der Waals surface area contributed by atoms with Gasteiger partial charge in [-0.1, -0.05) is 28.1 Å². The summed E-state index contributed by atoms with van der Waals surface area (Å²) in [7, 11) is 0. The fourth-order valence-electron chi connectivity index (χ4n) is 2.26. The number of hydrogen-bond acceptors (Lipinski definition) is 2. The maximum absolute atomic E-state index is 12.0. The highest BCUT2D eigenvalue weighted by molar-refractivity contribution is 9.10. The minimum absolute atomic E-state index is 0.0729. The van der Waals surface area contributed by atoms with E-state index in [1.807, 2.05) is 23.1 Å². The summed E-state index contributed by atoms with van der Waals surface area (Å²) < 4.78 is 1.04. The van der Waals surface area contributed by atoms with Gasteiger partial charge in [0.2, 0.25) is 5.91 Å². The third-order valence-electron chi connectivity index (χ3n) is 3.31. The lowest BCUT2D eigenvalue weighted by Gasteiger charge is -2.35. The third kappa shape index (κ3) is 2.69. The zero-order chi connectivity index (χ0) is 12.4. The lowest BCUT2D eigenvalue weighted by Crippen LogP contribution is -2.49. The molecule has 1 aromatic rings. The number of carbonyl (C=O) groups is 1. The van der Waals surface area contributed by atoms with Gasteiger partial charge in [-0.25, -0.2) is 0 Å². The standard InChI is InChI=1S/C13H17BrN2O/c1-9(10-4-2-5-11(14)8-10)16-7-3-6-12(15)13(16)17/h2,4-5,8-9,12H,3,6-7,15H2,1H3. The first-order valence-electron chi connectivity index (χ1n) is 5.91. The molecule has 2 unspecified atom stereocenters. The van der Waals surface area contributed by atoms with Gasteiger partial charge in [-0.05, 0) is 37.5 Å². The highest BCUT2D eigenvalue weighted by atomic mass is 79.9. The van der Waals surface area contributed by atoms with E-state index in [0.29, 0.717) is 0 Å². The number of carbonyl (C=O) groups excluding carboxylic acids is 1. The Morgan fingerprint density at radius 2 is 2.29 bits per heavy atom. The molecule has 3 nitrogen and oxygen atoms in total. The van der Waals surface area contributed by atoms with Crippen LogP contribution < -0.4 is 5.73 Å². The van der Waals surface area contributed by atoms with Gasteiger partial charge < -0.3 is 10.6 Å². The van der Waals surface area contributed by atoms with Crippen LogP contribution in [0.2, 0.25) is 0 Å². The lowest BCUT2D eigenvalue weighted by atomic mass is 10.0. The molecule has 0 spiro atoms. The van der Waals surface area contributed by atoms with Gasteiger partial charge in [-0.2, -0.15) is 0 Å². The Balaban J connectivity index is 2.19. The number of hydrogen-bond donors (Lipinski definition) is 1. The van der Waals surface area contributed by atoms with Crippen LogP contribution in [0.3, 0.4) is 0 Å². The first kappa shape index (κ1) is 12.6. The van der Waals surface area contributed by atoms with E-state index in [9.17, 15) is 4.79 Å². The van der Waals surface area contributed by atoms with E-state index in [4.69, 9.17) is 5.73 Å². The van der Waals surface area contributed by atoms with Crippen molar-refractivity contribution in [2.24, 2.45) is 5.73 Å². The van der Waals surface area contributed by atoms with E-state index in [-0.39, 0.29) is 18.0 Å². The van der Waals surface area contributed by atoms with E-state index in [2.05, 4.69) is 28.9 Å². The van der Waals surface area contributed by atoms with E-state index >= 15 is 0 Å². The molecule has 1 saturated heterocycles. The molecule has 1 aromatic carbocycles. The maximum atomic E-state index is 12.0. The van der Waals surface area contributed by atoms with Crippen molar-refractivity contribution >= 4 is 21.8 Å². The average Bonchev–Trinajstić information content (AvgIpc) is 2.32. The number of amides is 1. The van der Waals surface area contributed by atoms with Crippen molar-refractivity contribution in [1.82, 2.24) is 4.90 Å². The van der Waals surface area contributed by atoms with Crippen LogP contribution in [-0.2, 0) is 4.79 Å². The molecule has 0 radical (unpaired) electrons. The van der Waals surface area contributed by atoms with E-state index < -0.39 is 0 Å². The van der Waals surface area contributed by atoms with Gasteiger partial charge in [-0.3, -0.25) is 4.79 Å². The van der Waals surface area contributed by atoms with Crippen molar-refractivity contribution in [2.75, 3.05) is 6.54 Å². The summed E-state index contributed by atoms with van der Waals surface area (Å²) in [6.45, 7) is 2.86. The Kier molecular flexibility index (Phi) is 3.84. The van der Waals surface area contributed by atoms with Crippen molar-refractivity contribution in [3.8, 4) is 0 Å². The molecule has 1 aliphatic rings. The second-order valence-corrected chi connectivity index (χ2v) is 5.43. The highest BCUT2D eigenvalue weighted by Gasteiger charge is 2.29. The largest absolute Gasteiger partial charge is 0.335 e. The summed E-state index contributed by atoms with van der Waals surface area (Å²) in [5.74, 6) is 0.0729. The monoisotopic (exact) mass is 296 g/mol. The highest BCUT2D eigenvalue weighted by Crippen LogP contribution is 2.26. The Hall–Kier alpha value is -0.870. The number of halogens is 1. The Morgan fingerprint density at radius 1 is 1.53 bits per heavy atom. The Labute approximate surface area is 110 Å². The van der Waals surface area contributed by atoms with Gasteiger partial charge in [0.1, 0.15) is 0 Å². The number of piperidine rings is 1. The molecule has 1 amide bonds. The van der Waals surface area contributed by atoms with Gasteiger partial charge in [0.25, 0.3) is 0 Å². The number of likely N-dealkylation sites (tertiary alicyclic amines) is 1. The molecule has 0 saturated carbocycles. The smallest absolute Gasteiger partial charge is 0.239 e. The van der Waals surface area contributed by atoms with Gasteiger partial charge in [0.15, 0.2) is 0 Å². The predicted molar refractivity (Wildman–Crippen MR) is 71.5 cm³/mol. The quantitative estimate of drug-likeness (QED) is 0.911. The van der Waals surface area contributed by atoms with Crippen LogP contribution in [0.15, 0.2) is 28.7 Å². The molecule has 1 fully saturated rings. The van der Waals surface area contributed by atoms with Crippen LogP contribution in [0, 0.1) is 0 Å². The molecule has 4 heteroatoms. The number of nitrogens with two attached hydrogens (primary N) is 1. The predicted octanol–water partition coefficient (Wildman–Crippen LogP) is 2.46. The van der Waals surface area contributed by atoms with Crippen LogP contribution in [0.1, 0.15) is 31.4 Å². The van der Waals surface area contributed by atoms with Gasteiger partial charge in [0.05, 0.1) is 12.1 Å². The van der Waals surface area contributed by atoms with Crippen LogP contribution >= 0.6 is 15.9 Å². The average molecular weight is 297 g/mol. The molecule has 0 aromatic heterocycles. The number of benzene rings is 1. The summed E-state index contributed by atoms with van der Waals surface area (Å²) in [5.41, 5.74) is 6.95. The van der Waals surface area contributed by atoms with E-state index in [1.165, 1.54) is 0 Å². The Bertz CT molecular complexity index is 422. The lowest BCUT2D eigenvalue weighted by molar-refractivity contribution is -0.137. The molecule has 2 rings (SSSR count). The zero-order valence-electron chi connectivity index (χ0n) is 9.90. The number of nitrogens with zero attached hydrogens (tertiary/aromatic N) is 1. The summed E-state index contributed by atoms with van der Waals surface area (Å²) in [5, 5.41) is 0. The molecule has 0 aliphatic carbocycles. The van der Waals surface area contributed by atoms with Crippen LogP contribution in [0.25, 0.3) is 0 Å². The Morgan fingerprint density at radius 3 is 3.00 bits per heavy atom. The molecule has 17 heavy (non-hydrogen) atoms. The van der Waals surface area contributed by atoms with Crippen molar-refractivity contribution in [2.45, 2.75) is 31.8 Å². The fourth-order valence-corrected chi connectivity index (χ4v) is 2.68. The minimum Gasteiger partial charge on any atom is -0.335 e. The van der Waals surface area contributed by atoms with Gasteiger partial charge >= 0.3 is 0 Å². The first-order valence-corrected chi connectivity index (χ1v) is 6.70. The molecule has 2 atom stereocenters. The molecule has 1 heterocycles. The zero-order valence-corrected chi connectivity index (χ0v) is 11.5. The topological polar surface area (TPSA) is 46.3 Å². The number of rotatable bonds is 2. The molecular formula is C13H17BrN2O. The molecule has 1 aliphatic heterocycles. The third-order valence-corrected chi connectivity index (χ3v) is 3.81. The van der Waals surface area contributed by atoms with Gasteiger partial charge in [0, 0.05) is 11.0 Å². The van der Waals surface area contributed by atoms with Crippen molar-refractivity contribution in [3.63, 3.8) is 0 Å². The van der Waals surface area contributed by atoms with Crippen molar-refractivity contribution in [3.05, 3.63) is 34.3 Å². The second kappa shape index (κ2) is 5.19. The first-order chi connectivity index (χ1) is 8.09. The molecule has 92 valence electrons. The normalized spacial score (nSPS) is 22.6. The molecule has 2 N–H and O–H groups in total. The maximum Gasteiger partial charge on any atom is 0.239 e. The van der Waals surface area contributed by atoms with E-state index in [1.54, 1.807) is 0 Å². The van der Waals surface area contributed by atoms with Crippen LogP contribution in [0.5, 0.6) is 0 Å². The summed E-state index contributed by atoms with van der Waals surface area (Å²) in [6.07, 6.45) is 1.80. The molecular weight excluding hydrogens is 280 g/mol. The summed E-state index contributed by atoms with van der Waals surface area (Å²) >= 11 is 3.45. The van der Waals surface area contributed by atoms with E-state index in [0.717, 1.165) is 29.4 Å². The SMILES string of the molecule is CC(c1cccc(Br)c1)N1CCCC(N)C1=O.